The van der Waals surface area contributed by atoms with Crippen molar-refractivity contribution >= 4 is 18.6 Å². The molecule has 0 spiro atoms. The molecule has 4 fully saturated rings. The van der Waals surface area contributed by atoms with E-state index in [9.17, 15) is 0 Å². The van der Waals surface area contributed by atoms with Gasteiger partial charge < -0.3 is 0 Å². The van der Waals surface area contributed by atoms with Crippen LogP contribution in [0.3, 0.4) is 0 Å². The van der Waals surface area contributed by atoms with E-state index in [1.807, 2.05) is 0 Å². The number of aryl methyl sites for hydroxylation is 6. The minimum atomic E-state index is -1.92. The van der Waals surface area contributed by atoms with Gasteiger partial charge in [0.05, 0.1) is 0 Å². The van der Waals surface area contributed by atoms with Crippen molar-refractivity contribution in [1.29, 1.82) is 0 Å². The first-order chi connectivity index (χ1) is 20.3. The Kier molecular flexibility index (Phi) is 9.32. The molecular weight excluding hydrogens is 527 g/mol. The normalized spacial score (nSPS) is 22.7. The second-order valence-electron chi connectivity index (χ2n) is 15.3. The van der Waals surface area contributed by atoms with Crippen LogP contribution in [0.25, 0.3) is 0 Å². The van der Waals surface area contributed by atoms with E-state index in [2.05, 4.69) is 75.6 Å². The summed E-state index contributed by atoms with van der Waals surface area (Å²) in [6, 6.07) is 9.93. The van der Waals surface area contributed by atoms with Crippen LogP contribution in [0, 0.1) is 41.5 Å². The fourth-order valence-electron chi connectivity index (χ4n) is 11.3. The fourth-order valence-corrected chi connectivity index (χ4v) is 20.4. The maximum atomic E-state index is 3.08. The second-order valence-corrected chi connectivity index (χ2v) is 20.2. The quantitative estimate of drug-likeness (QED) is 0.310. The van der Waals surface area contributed by atoms with E-state index in [0.29, 0.717) is 5.91 Å². The SMILES string of the molecule is Cc1cc(C)c(N2CCN(c3c(C)cc(C)cc3C)C2[PH](C2CCCCC2)(C2CCCCC2)C2CCCCC2)c(C)c1. The standard InChI is InChI=1S/C39H61N2P/c1-28-24-30(3)37(31(4)25-28)40-22-23-41(38-32(5)26-29(2)27-33(38)6)39(40)42(34-16-10-7-11-17-34,35-18-12-8-13-19-35)36-20-14-9-15-21-36/h24-27,34-36,39,42H,7-23H2,1-6H3. The van der Waals surface area contributed by atoms with Crippen LogP contribution >= 0.6 is 7.26 Å². The first-order valence-corrected chi connectivity index (χ1v) is 20.3. The Morgan fingerprint density at radius 2 is 0.738 bits per heavy atom. The van der Waals surface area contributed by atoms with Gasteiger partial charge in [-0.3, -0.25) is 0 Å². The summed E-state index contributed by atoms with van der Waals surface area (Å²) in [4.78, 5) is 6.15. The van der Waals surface area contributed by atoms with Gasteiger partial charge in [0, 0.05) is 0 Å². The van der Waals surface area contributed by atoms with Gasteiger partial charge >= 0.3 is 260 Å². The molecule has 0 N–H and O–H groups in total. The van der Waals surface area contributed by atoms with E-state index in [4.69, 9.17) is 0 Å². The molecule has 0 radical (unpaired) electrons. The molecule has 0 atom stereocenters. The molecule has 3 saturated carbocycles. The zero-order valence-corrected chi connectivity index (χ0v) is 29.0. The molecule has 3 heteroatoms. The molecule has 0 aromatic heterocycles. The molecule has 1 heterocycles. The molecule has 6 rings (SSSR count). The molecule has 0 amide bonds. The Balaban J connectivity index is 1.62. The van der Waals surface area contributed by atoms with Crippen LogP contribution in [0.15, 0.2) is 24.3 Å². The van der Waals surface area contributed by atoms with Crippen molar-refractivity contribution in [3.8, 4) is 0 Å². The summed E-state index contributed by atoms with van der Waals surface area (Å²) in [5.41, 5.74) is 15.0. The van der Waals surface area contributed by atoms with E-state index in [-0.39, 0.29) is 0 Å². The number of benzene rings is 2. The third-order valence-electron chi connectivity index (χ3n) is 12.4. The molecule has 0 bridgehead atoms. The first-order valence-electron chi connectivity index (χ1n) is 18.0. The fraction of sp³-hybridized carbons (Fsp3) is 0.692. The van der Waals surface area contributed by atoms with Crippen molar-refractivity contribution in [3.05, 3.63) is 57.6 Å². The molecule has 3 aliphatic carbocycles. The van der Waals surface area contributed by atoms with Gasteiger partial charge in [-0.1, -0.05) is 0 Å². The van der Waals surface area contributed by atoms with Crippen molar-refractivity contribution in [2.75, 3.05) is 22.9 Å². The molecule has 232 valence electrons. The van der Waals surface area contributed by atoms with Crippen molar-refractivity contribution in [2.45, 2.75) is 161 Å². The monoisotopic (exact) mass is 588 g/mol. The van der Waals surface area contributed by atoms with Crippen LogP contribution < -0.4 is 9.80 Å². The first kappa shape index (κ1) is 30.5. The van der Waals surface area contributed by atoms with Crippen LogP contribution in [0.2, 0.25) is 0 Å². The maximum absolute atomic E-state index is 3.08. The van der Waals surface area contributed by atoms with Crippen LogP contribution in [-0.2, 0) is 0 Å². The summed E-state index contributed by atoms with van der Waals surface area (Å²) in [5.74, 6) is 0.590. The van der Waals surface area contributed by atoms with Gasteiger partial charge in [-0.2, -0.15) is 0 Å². The molecule has 4 aliphatic rings. The minimum absolute atomic E-state index is 0.590. The Bertz CT molecular complexity index is 1070. The van der Waals surface area contributed by atoms with E-state index >= 15 is 0 Å². The summed E-state index contributed by atoms with van der Waals surface area (Å²) in [6.45, 7) is 16.6. The molecule has 42 heavy (non-hydrogen) atoms. The van der Waals surface area contributed by atoms with Crippen LogP contribution in [-0.4, -0.2) is 36.0 Å². The van der Waals surface area contributed by atoms with Crippen LogP contribution in [0.1, 0.15) is 130 Å². The average Bonchev–Trinajstić information content (AvgIpc) is 3.38. The van der Waals surface area contributed by atoms with Gasteiger partial charge in [0.2, 0.25) is 0 Å². The van der Waals surface area contributed by atoms with E-state index in [0.717, 1.165) is 17.0 Å². The van der Waals surface area contributed by atoms with Gasteiger partial charge in [0.1, 0.15) is 0 Å². The van der Waals surface area contributed by atoms with Gasteiger partial charge in [-0.05, 0) is 0 Å². The third kappa shape index (κ3) is 5.46. The predicted octanol–water partition coefficient (Wildman–Crippen LogP) is 10.9. The molecule has 2 nitrogen and oxygen atoms in total. The van der Waals surface area contributed by atoms with E-state index in [1.54, 1.807) is 11.4 Å². The number of nitrogens with zero attached hydrogens (tertiary/aromatic N) is 2. The van der Waals surface area contributed by atoms with Gasteiger partial charge in [0.15, 0.2) is 0 Å². The predicted molar refractivity (Wildman–Crippen MR) is 189 cm³/mol. The molecule has 2 aromatic rings. The third-order valence-corrected chi connectivity index (χ3v) is 19.9. The molecular formula is C39H61N2P. The van der Waals surface area contributed by atoms with Crippen LogP contribution in [0.4, 0.5) is 11.4 Å². The molecule has 1 aliphatic heterocycles. The number of hydrogen-bond donors (Lipinski definition) is 0. The zero-order valence-electron chi connectivity index (χ0n) is 28.0. The Labute approximate surface area is 259 Å². The second kappa shape index (κ2) is 12.8. The van der Waals surface area contributed by atoms with E-state index < -0.39 is 7.26 Å². The summed E-state index contributed by atoms with van der Waals surface area (Å²) >= 11 is 0. The van der Waals surface area contributed by atoms with Gasteiger partial charge in [-0.25, -0.2) is 0 Å². The van der Waals surface area contributed by atoms with Crippen LogP contribution in [0.5, 0.6) is 0 Å². The van der Waals surface area contributed by atoms with Gasteiger partial charge in [-0.15, -0.1) is 0 Å². The van der Waals surface area contributed by atoms with Crippen molar-refractivity contribution < 1.29 is 0 Å². The summed E-state index contributed by atoms with van der Waals surface area (Å²) in [5, 5.41) is 0. The van der Waals surface area contributed by atoms with Crippen molar-refractivity contribution in [2.24, 2.45) is 0 Å². The van der Waals surface area contributed by atoms with Crippen molar-refractivity contribution in [3.63, 3.8) is 0 Å². The summed E-state index contributed by atoms with van der Waals surface area (Å²) < 4.78 is 0. The molecule has 2 aromatic carbocycles. The number of hydrogen-bond acceptors (Lipinski definition) is 2. The Morgan fingerprint density at radius 3 is 1.02 bits per heavy atom. The van der Waals surface area contributed by atoms with E-state index in [1.165, 1.54) is 143 Å². The number of anilines is 2. The Hall–Kier alpha value is -1.53. The number of rotatable bonds is 6. The Morgan fingerprint density at radius 1 is 0.452 bits per heavy atom. The topological polar surface area (TPSA) is 6.48 Å². The van der Waals surface area contributed by atoms with Gasteiger partial charge in [0.25, 0.3) is 0 Å². The molecule has 1 saturated heterocycles. The summed E-state index contributed by atoms with van der Waals surface area (Å²) in [6.07, 6.45) is 22.5. The molecule has 0 unspecified atom stereocenters. The summed E-state index contributed by atoms with van der Waals surface area (Å²) in [7, 11) is -1.92. The van der Waals surface area contributed by atoms with Crippen molar-refractivity contribution in [1.82, 2.24) is 0 Å². The zero-order chi connectivity index (χ0) is 29.4. The average molecular weight is 589 g/mol.